The molecule has 6 rings (SSSR count). The lowest BCUT2D eigenvalue weighted by Crippen LogP contribution is -2.67. The molecule has 6 fully saturated rings. The van der Waals surface area contributed by atoms with Crippen LogP contribution in [0.3, 0.4) is 0 Å². The number of hydrogen-bond acceptors (Lipinski definition) is 6. The second-order valence-corrected chi connectivity index (χ2v) is 23.0. The molecule has 6 aliphatic rings. The van der Waals surface area contributed by atoms with E-state index in [4.69, 9.17) is 4.74 Å². The first-order valence-corrected chi connectivity index (χ1v) is 22.6. The molecule has 0 spiro atoms. The van der Waals surface area contributed by atoms with E-state index in [1.54, 1.807) is 0 Å². The Labute approximate surface area is 320 Å². The average molecular weight is 759 g/mol. The van der Waals surface area contributed by atoms with E-state index >= 15 is 0 Å². The molecular weight excluding hydrogens is 689 g/mol. The molecule has 1 aliphatic heterocycles. The van der Waals surface area contributed by atoms with E-state index < -0.39 is 21.4 Å². The number of carbonyl (C=O) groups excluding carboxylic acids is 2. The smallest absolute Gasteiger partial charge is 0.306 e. The van der Waals surface area contributed by atoms with Crippen molar-refractivity contribution in [2.75, 3.05) is 19.3 Å². The van der Waals surface area contributed by atoms with Gasteiger partial charge in [0.05, 0.1) is 19.1 Å². The predicted octanol–water partition coefficient (Wildman–Crippen LogP) is 7.99. The number of fused-ring (bicyclic) bond motifs is 7. The molecule has 10 heteroatoms. The van der Waals surface area contributed by atoms with Crippen molar-refractivity contribution < 1.29 is 32.6 Å². The van der Waals surface area contributed by atoms with Gasteiger partial charge in [-0.25, -0.2) is 13.1 Å². The van der Waals surface area contributed by atoms with Crippen molar-refractivity contribution in [3.8, 4) is 0 Å². The Hall–Kier alpha value is -1.94. The molecule has 5 saturated carbocycles. The third-order valence-electron chi connectivity index (χ3n) is 17.1. The molecule has 300 valence electrons. The van der Waals surface area contributed by atoms with E-state index in [0.717, 1.165) is 51.4 Å². The quantitative estimate of drug-likeness (QED) is 0.171. The van der Waals surface area contributed by atoms with Crippen LogP contribution in [0.1, 0.15) is 145 Å². The Morgan fingerprint density at radius 3 is 2.23 bits per heavy atom. The zero-order valence-corrected chi connectivity index (χ0v) is 35.1. The zero-order valence-electron chi connectivity index (χ0n) is 34.3. The van der Waals surface area contributed by atoms with Gasteiger partial charge in [0.2, 0.25) is 15.9 Å². The average Bonchev–Trinajstić information content (AvgIpc) is 3.62. The van der Waals surface area contributed by atoms with Crippen molar-refractivity contribution in [1.29, 1.82) is 0 Å². The molecule has 0 aromatic rings. The maximum Gasteiger partial charge on any atom is 0.306 e. The zero-order chi connectivity index (χ0) is 39.2. The second kappa shape index (κ2) is 13.6. The lowest BCUT2D eigenvalue weighted by atomic mass is 9.32. The number of nitrogens with one attached hydrogen (secondary N) is 1. The summed E-state index contributed by atoms with van der Waals surface area (Å²) in [6.45, 7) is 23.9. The summed E-state index contributed by atoms with van der Waals surface area (Å²) in [6, 6.07) is -0.210. The highest BCUT2D eigenvalue weighted by molar-refractivity contribution is 7.88. The molecule has 53 heavy (non-hydrogen) atoms. The lowest BCUT2D eigenvalue weighted by molar-refractivity contribution is -0.250. The molecule has 11 atom stereocenters. The van der Waals surface area contributed by atoms with Gasteiger partial charge in [0.1, 0.15) is 6.10 Å². The van der Waals surface area contributed by atoms with Crippen molar-refractivity contribution in [2.45, 2.75) is 157 Å². The van der Waals surface area contributed by atoms with Crippen molar-refractivity contribution >= 4 is 27.9 Å². The predicted molar refractivity (Wildman–Crippen MR) is 207 cm³/mol. The number of nitrogens with zero attached hydrogens (tertiary/aromatic N) is 1. The van der Waals surface area contributed by atoms with Gasteiger partial charge >= 0.3 is 11.9 Å². The van der Waals surface area contributed by atoms with E-state index in [-0.39, 0.29) is 63.9 Å². The number of amides is 1. The summed E-state index contributed by atoms with van der Waals surface area (Å²) in [5.74, 6) is 1.36. The standard InChI is InChI=1S/C43H70N2O7S/c1-27(2)29-13-19-43(23-34(46)45-22-16-28(26-45)44-53(10,50)51)21-20-41(8)30(37(29)43)11-12-32-40(7)17-15-33(39(5,6)31(40)14-18-42(32,41)9)52-36(49)25-38(3,4)24-35(47)48/h28-33,37,44H,1,11-26H2,2-10H3,(H,47,48)/t28?,29-,30?,31-,32+,33?,37+,40?,41+,42?,43?/m0/s1. The van der Waals surface area contributed by atoms with Crippen molar-refractivity contribution in [1.82, 2.24) is 9.62 Å². The normalized spacial score (nSPS) is 42.1. The number of esters is 1. The van der Waals surface area contributed by atoms with Crippen LogP contribution >= 0.6 is 0 Å². The van der Waals surface area contributed by atoms with Crippen LogP contribution in [0.15, 0.2) is 12.2 Å². The Balaban J connectivity index is 1.21. The van der Waals surface area contributed by atoms with Crippen LogP contribution in [0.2, 0.25) is 0 Å². The monoisotopic (exact) mass is 758 g/mol. The van der Waals surface area contributed by atoms with Crippen LogP contribution in [0, 0.1) is 62.1 Å². The van der Waals surface area contributed by atoms with Gasteiger partial charge in [-0.2, -0.15) is 0 Å². The molecule has 2 N–H and O–H groups in total. The summed E-state index contributed by atoms with van der Waals surface area (Å²) < 4.78 is 32.8. The number of aliphatic carboxylic acids is 1. The molecule has 1 heterocycles. The number of ether oxygens (including phenoxy) is 1. The van der Waals surface area contributed by atoms with Gasteiger partial charge in [0.15, 0.2) is 0 Å². The summed E-state index contributed by atoms with van der Waals surface area (Å²) in [7, 11) is -3.32. The van der Waals surface area contributed by atoms with E-state index in [1.807, 2.05) is 18.7 Å². The van der Waals surface area contributed by atoms with Crippen molar-refractivity contribution in [2.24, 2.45) is 62.1 Å². The maximum absolute atomic E-state index is 14.1. The Bertz CT molecular complexity index is 1610. The van der Waals surface area contributed by atoms with Crippen LogP contribution in [0.4, 0.5) is 0 Å². The number of sulfonamides is 1. The number of likely N-dealkylation sites (tertiary alicyclic amines) is 1. The lowest BCUT2D eigenvalue weighted by Gasteiger charge is -2.73. The van der Waals surface area contributed by atoms with Crippen molar-refractivity contribution in [3.05, 3.63) is 12.2 Å². The third kappa shape index (κ3) is 7.05. The topological polar surface area (TPSA) is 130 Å². The van der Waals surface area contributed by atoms with Crippen LogP contribution in [-0.2, 0) is 29.1 Å². The van der Waals surface area contributed by atoms with Gasteiger partial charge in [-0.3, -0.25) is 14.4 Å². The summed E-state index contributed by atoms with van der Waals surface area (Å²) in [6.07, 6.45) is 13.1. The molecule has 0 radical (unpaired) electrons. The van der Waals surface area contributed by atoms with Crippen molar-refractivity contribution in [3.63, 3.8) is 0 Å². The molecule has 0 aromatic heterocycles. The first-order valence-electron chi connectivity index (χ1n) is 20.7. The van der Waals surface area contributed by atoms with E-state index in [0.29, 0.717) is 55.5 Å². The molecule has 0 bridgehead atoms. The fraction of sp³-hybridized carbons (Fsp3) is 0.884. The Morgan fingerprint density at radius 2 is 1.58 bits per heavy atom. The SMILES string of the molecule is C=C(C)[C@@H]1CCC2(CC(=O)N3CCC(NS(C)(=O)=O)C3)CC[C@]3(C)C(CC[C@@H]4C5(C)CCC(OC(=O)CC(C)(C)CC(=O)O)C(C)(C)[C@@H]5CCC43C)[C@@H]12. The highest BCUT2D eigenvalue weighted by Crippen LogP contribution is 2.78. The number of rotatable bonds is 10. The number of hydrogen-bond donors (Lipinski definition) is 2. The van der Waals surface area contributed by atoms with E-state index in [1.165, 1.54) is 24.7 Å². The highest BCUT2D eigenvalue weighted by atomic mass is 32.2. The molecular formula is C43H70N2O7S. The molecule has 9 nitrogen and oxygen atoms in total. The van der Waals surface area contributed by atoms with Crippen LogP contribution < -0.4 is 4.72 Å². The fourth-order valence-corrected chi connectivity index (χ4v) is 15.4. The molecule has 0 aromatic carbocycles. The van der Waals surface area contributed by atoms with Gasteiger partial charge in [0, 0.05) is 31.0 Å². The Morgan fingerprint density at radius 1 is 0.887 bits per heavy atom. The summed E-state index contributed by atoms with van der Waals surface area (Å²) in [4.78, 5) is 40.7. The number of carboxylic acid groups (broad SMARTS) is 1. The summed E-state index contributed by atoms with van der Waals surface area (Å²) in [5.41, 5.74) is 0.786. The van der Waals surface area contributed by atoms with E-state index in [2.05, 4.69) is 52.8 Å². The van der Waals surface area contributed by atoms with Crippen LogP contribution in [0.5, 0.6) is 0 Å². The number of allylic oxidation sites excluding steroid dienone is 1. The molecule has 6 unspecified atom stereocenters. The van der Waals surface area contributed by atoms with Crippen LogP contribution in [0.25, 0.3) is 0 Å². The molecule has 1 saturated heterocycles. The van der Waals surface area contributed by atoms with Gasteiger partial charge in [-0.15, -0.1) is 0 Å². The minimum absolute atomic E-state index is 0.0412. The summed E-state index contributed by atoms with van der Waals surface area (Å²) in [5, 5.41) is 9.35. The summed E-state index contributed by atoms with van der Waals surface area (Å²) >= 11 is 0. The molecule has 5 aliphatic carbocycles. The highest BCUT2D eigenvalue weighted by Gasteiger charge is 2.71. The minimum Gasteiger partial charge on any atom is -0.481 e. The van der Waals surface area contributed by atoms with Gasteiger partial charge in [-0.1, -0.05) is 60.6 Å². The fourth-order valence-electron chi connectivity index (χ4n) is 14.6. The second-order valence-electron chi connectivity index (χ2n) is 21.2. The first kappa shape index (κ1) is 40.7. The Kier molecular flexibility index (Phi) is 10.5. The van der Waals surface area contributed by atoms with Crippen LogP contribution in [-0.4, -0.2) is 67.8 Å². The third-order valence-corrected chi connectivity index (χ3v) is 17.9. The minimum atomic E-state index is -3.32. The van der Waals surface area contributed by atoms with Gasteiger partial charge in [-0.05, 0) is 134 Å². The van der Waals surface area contributed by atoms with Gasteiger partial charge < -0.3 is 14.7 Å². The largest absolute Gasteiger partial charge is 0.481 e. The first-order chi connectivity index (χ1) is 24.4. The van der Waals surface area contributed by atoms with E-state index in [9.17, 15) is 27.9 Å². The van der Waals surface area contributed by atoms with Gasteiger partial charge in [0.25, 0.3) is 0 Å². The number of carboxylic acids is 1. The maximum atomic E-state index is 14.1. The number of carbonyl (C=O) groups is 3. The molecule has 1 amide bonds.